The summed E-state index contributed by atoms with van der Waals surface area (Å²) in [6.07, 6.45) is 10.3. The van der Waals surface area contributed by atoms with Crippen LogP contribution in [0.5, 0.6) is 0 Å². The zero-order valence-corrected chi connectivity index (χ0v) is 12.9. The Hall–Kier alpha value is -1.18. The lowest BCUT2D eigenvalue weighted by atomic mass is 10.2. The van der Waals surface area contributed by atoms with Crippen LogP contribution in [-0.2, 0) is 16.6 Å². The van der Waals surface area contributed by atoms with E-state index in [-0.39, 0.29) is 0 Å². The van der Waals surface area contributed by atoms with Gasteiger partial charge in [-0.05, 0) is 25.8 Å². The molecule has 112 valence electrons. The number of hydrogen-bond donors (Lipinski definition) is 0. The molecule has 0 N–H and O–H groups in total. The Kier molecular flexibility index (Phi) is 4.95. The van der Waals surface area contributed by atoms with Gasteiger partial charge in [-0.25, -0.2) is 8.96 Å². The van der Waals surface area contributed by atoms with Crippen LogP contribution < -0.4 is 0 Å². The number of aryl methyl sites for hydroxylation is 1. The summed E-state index contributed by atoms with van der Waals surface area (Å²) in [5.74, 6) is 0. The minimum Gasteiger partial charge on any atom is -0.296 e. The molecule has 0 saturated heterocycles. The molecule has 0 aliphatic carbocycles. The van der Waals surface area contributed by atoms with Gasteiger partial charge in [0.1, 0.15) is 6.33 Å². The van der Waals surface area contributed by atoms with Gasteiger partial charge in [0.2, 0.25) is 0 Å². The monoisotopic (exact) mass is 298 g/mol. The Labute approximate surface area is 120 Å². The highest BCUT2D eigenvalue weighted by atomic mass is 32.2. The average molecular weight is 298 g/mol. The molecule has 2 rings (SSSR count). The van der Waals surface area contributed by atoms with Crippen LogP contribution in [0.2, 0.25) is 0 Å². The fourth-order valence-corrected chi connectivity index (χ4v) is 2.93. The first-order valence-corrected chi connectivity index (χ1v) is 8.23. The van der Waals surface area contributed by atoms with Crippen molar-refractivity contribution in [3.63, 3.8) is 0 Å². The summed E-state index contributed by atoms with van der Waals surface area (Å²) >= 11 is 0. The van der Waals surface area contributed by atoms with Gasteiger partial charge in [-0.1, -0.05) is 12.2 Å². The number of imidazole rings is 1. The molecular weight excluding hydrogens is 276 g/mol. The molecule has 0 bridgehead atoms. The fraction of sp³-hybridized carbons (Fsp3) is 0.615. The third-order valence-electron chi connectivity index (χ3n) is 3.39. The van der Waals surface area contributed by atoms with E-state index in [9.17, 15) is 8.42 Å². The molecule has 0 radical (unpaired) electrons. The van der Waals surface area contributed by atoms with Crippen molar-refractivity contribution in [3.05, 3.63) is 30.4 Å². The normalized spacial score (nSPS) is 16.4. The van der Waals surface area contributed by atoms with Crippen LogP contribution >= 0.6 is 0 Å². The topological polar surface area (TPSA) is 58.4 Å². The lowest BCUT2D eigenvalue weighted by molar-refractivity contribution is 0.343. The predicted molar refractivity (Wildman–Crippen MR) is 78.7 cm³/mol. The zero-order chi connectivity index (χ0) is 14.6. The second-order valence-electron chi connectivity index (χ2n) is 5.17. The summed E-state index contributed by atoms with van der Waals surface area (Å²) < 4.78 is 26.1. The average Bonchev–Trinajstić information content (AvgIpc) is 3.06. The van der Waals surface area contributed by atoms with E-state index in [0.29, 0.717) is 0 Å². The van der Waals surface area contributed by atoms with E-state index in [1.807, 2.05) is 0 Å². The standard InChI is InChI=1S/C13H22N4O2S/c1-15(2)20(18,19)17-11-13(14-12-17)7-3-4-8-16-9-5-6-10-16/h5-6,11-12H,3-4,7-10H2,1-2H3. The molecule has 1 aromatic heterocycles. The van der Waals surface area contributed by atoms with Crippen molar-refractivity contribution in [2.75, 3.05) is 33.7 Å². The quantitative estimate of drug-likeness (QED) is 0.550. The van der Waals surface area contributed by atoms with E-state index in [1.54, 1.807) is 6.20 Å². The van der Waals surface area contributed by atoms with Gasteiger partial charge >= 0.3 is 10.2 Å². The van der Waals surface area contributed by atoms with Crippen LogP contribution in [0.25, 0.3) is 0 Å². The number of rotatable bonds is 7. The predicted octanol–water partition coefficient (Wildman–Crippen LogP) is 0.732. The Balaban J connectivity index is 1.78. The molecule has 1 aromatic rings. The van der Waals surface area contributed by atoms with Crippen LogP contribution in [0, 0.1) is 0 Å². The van der Waals surface area contributed by atoms with Gasteiger partial charge in [0.15, 0.2) is 0 Å². The Morgan fingerprint density at radius 1 is 1.25 bits per heavy atom. The molecule has 1 aliphatic rings. The molecule has 0 aromatic carbocycles. The van der Waals surface area contributed by atoms with Gasteiger partial charge in [0.05, 0.1) is 5.69 Å². The largest absolute Gasteiger partial charge is 0.308 e. The highest BCUT2D eigenvalue weighted by Gasteiger charge is 2.16. The number of unbranched alkanes of at least 4 members (excludes halogenated alkanes) is 1. The summed E-state index contributed by atoms with van der Waals surface area (Å²) in [4.78, 5) is 6.55. The molecule has 0 atom stereocenters. The van der Waals surface area contributed by atoms with Gasteiger partial charge in [-0.2, -0.15) is 12.7 Å². The second-order valence-corrected chi connectivity index (χ2v) is 7.22. The minimum atomic E-state index is -3.43. The fourth-order valence-electron chi connectivity index (χ4n) is 2.13. The first-order chi connectivity index (χ1) is 9.50. The van der Waals surface area contributed by atoms with E-state index in [0.717, 1.165) is 44.6 Å². The number of hydrogen-bond acceptors (Lipinski definition) is 4. The SMILES string of the molecule is CN(C)S(=O)(=O)n1cnc(CCCCN2CC=CC2)c1. The van der Waals surface area contributed by atoms with Crippen molar-refractivity contribution in [2.24, 2.45) is 0 Å². The van der Waals surface area contributed by atoms with Crippen LogP contribution in [0.3, 0.4) is 0 Å². The molecule has 6 nitrogen and oxygen atoms in total. The molecule has 20 heavy (non-hydrogen) atoms. The molecule has 0 fully saturated rings. The maximum Gasteiger partial charge on any atom is 0.308 e. The molecular formula is C13H22N4O2S. The summed E-state index contributed by atoms with van der Waals surface area (Å²) in [5, 5.41) is 0. The van der Waals surface area contributed by atoms with E-state index in [4.69, 9.17) is 0 Å². The molecule has 2 heterocycles. The summed E-state index contributed by atoms with van der Waals surface area (Å²) in [7, 11) is -0.403. The van der Waals surface area contributed by atoms with Gasteiger partial charge in [0, 0.05) is 33.4 Å². The highest BCUT2D eigenvalue weighted by Crippen LogP contribution is 2.08. The smallest absolute Gasteiger partial charge is 0.296 e. The van der Waals surface area contributed by atoms with Gasteiger partial charge in [-0.15, -0.1) is 0 Å². The summed E-state index contributed by atoms with van der Waals surface area (Å²) in [6.45, 7) is 3.19. The van der Waals surface area contributed by atoms with Crippen molar-refractivity contribution in [1.82, 2.24) is 18.2 Å². The Morgan fingerprint density at radius 2 is 1.95 bits per heavy atom. The highest BCUT2D eigenvalue weighted by molar-refractivity contribution is 7.87. The third kappa shape index (κ3) is 3.68. The number of nitrogens with zero attached hydrogens (tertiary/aromatic N) is 4. The van der Waals surface area contributed by atoms with Crippen LogP contribution in [0.1, 0.15) is 18.5 Å². The Bertz CT molecular complexity index is 555. The van der Waals surface area contributed by atoms with Gasteiger partial charge in [0.25, 0.3) is 0 Å². The molecule has 1 aliphatic heterocycles. The second kappa shape index (κ2) is 6.51. The van der Waals surface area contributed by atoms with Crippen molar-refractivity contribution in [2.45, 2.75) is 19.3 Å². The van der Waals surface area contributed by atoms with E-state index >= 15 is 0 Å². The van der Waals surface area contributed by atoms with Crippen molar-refractivity contribution >= 4 is 10.2 Å². The van der Waals surface area contributed by atoms with Crippen LogP contribution in [0.15, 0.2) is 24.7 Å². The van der Waals surface area contributed by atoms with Gasteiger partial charge < -0.3 is 0 Å². The maximum absolute atomic E-state index is 11.9. The lowest BCUT2D eigenvalue weighted by Gasteiger charge is -2.13. The maximum atomic E-state index is 11.9. The van der Waals surface area contributed by atoms with Gasteiger partial charge in [-0.3, -0.25) is 4.90 Å². The first kappa shape index (κ1) is 15.2. The van der Waals surface area contributed by atoms with E-state index < -0.39 is 10.2 Å². The van der Waals surface area contributed by atoms with Crippen molar-refractivity contribution in [3.8, 4) is 0 Å². The molecule has 7 heteroatoms. The van der Waals surface area contributed by atoms with Crippen molar-refractivity contribution in [1.29, 1.82) is 0 Å². The van der Waals surface area contributed by atoms with E-state index in [2.05, 4.69) is 22.0 Å². The molecule has 0 amide bonds. The van der Waals surface area contributed by atoms with Crippen LogP contribution in [-0.4, -0.2) is 60.3 Å². The zero-order valence-electron chi connectivity index (χ0n) is 12.1. The first-order valence-electron chi connectivity index (χ1n) is 6.83. The van der Waals surface area contributed by atoms with Crippen LogP contribution in [0.4, 0.5) is 0 Å². The molecule has 0 saturated carbocycles. The van der Waals surface area contributed by atoms with Crippen molar-refractivity contribution < 1.29 is 8.42 Å². The number of aromatic nitrogens is 2. The molecule has 0 unspecified atom stereocenters. The lowest BCUT2D eigenvalue weighted by Crippen LogP contribution is -2.27. The minimum absolute atomic E-state index is 0.817. The Morgan fingerprint density at radius 3 is 2.60 bits per heavy atom. The molecule has 0 spiro atoms. The summed E-state index contributed by atoms with van der Waals surface area (Å²) in [5.41, 5.74) is 0.829. The third-order valence-corrected chi connectivity index (χ3v) is 5.05. The van der Waals surface area contributed by atoms with E-state index in [1.165, 1.54) is 28.7 Å². The summed E-state index contributed by atoms with van der Waals surface area (Å²) in [6, 6.07) is 0.